The van der Waals surface area contributed by atoms with Gasteiger partial charge in [-0.25, -0.2) is 0 Å². The number of para-hydroxylation sites is 1. The van der Waals surface area contributed by atoms with Gasteiger partial charge in [-0.05, 0) is 25.6 Å². The molecule has 0 atom stereocenters. The maximum absolute atomic E-state index is 12.1. The summed E-state index contributed by atoms with van der Waals surface area (Å²) in [7, 11) is 1.79. The summed E-state index contributed by atoms with van der Waals surface area (Å²) in [6, 6.07) is 7.65. The van der Waals surface area contributed by atoms with Crippen LogP contribution in [-0.4, -0.2) is 67.9 Å². The number of benzene rings is 1. The molecule has 2 rings (SSSR count). The molecule has 0 aliphatic carbocycles. The minimum Gasteiger partial charge on any atom is -0.339 e. The van der Waals surface area contributed by atoms with Crippen LogP contribution in [0.4, 0.5) is 5.69 Å². The Bertz CT molecular complexity index is 527. The number of carbonyl (C=O) groups excluding carboxylic acids is 2. The molecule has 1 aromatic carbocycles. The van der Waals surface area contributed by atoms with E-state index >= 15 is 0 Å². The highest BCUT2D eigenvalue weighted by atomic mass is 16.2. The number of hydrogen-bond acceptors (Lipinski definition) is 4. The highest BCUT2D eigenvalue weighted by Gasteiger charge is 2.18. The minimum absolute atomic E-state index is 0.0766. The first-order valence-electron chi connectivity index (χ1n) is 7.59. The van der Waals surface area contributed by atoms with E-state index in [0.717, 1.165) is 37.4 Å². The Hall–Kier alpha value is -1.92. The van der Waals surface area contributed by atoms with Crippen LogP contribution in [0.3, 0.4) is 0 Å². The van der Waals surface area contributed by atoms with Crippen molar-refractivity contribution in [1.82, 2.24) is 15.1 Å². The summed E-state index contributed by atoms with van der Waals surface area (Å²) in [5.41, 5.74) is 1.84. The van der Waals surface area contributed by atoms with E-state index in [1.54, 1.807) is 11.9 Å². The second-order valence-electron chi connectivity index (χ2n) is 5.67. The second-order valence-corrected chi connectivity index (χ2v) is 5.67. The third-order valence-corrected chi connectivity index (χ3v) is 3.71. The normalized spacial score (nSPS) is 15.0. The fourth-order valence-corrected chi connectivity index (χ4v) is 2.45. The molecule has 0 bridgehead atoms. The van der Waals surface area contributed by atoms with Crippen molar-refractivity contribution in [2.75, 3.05) is 51.6 Å². The fraction of sp³-hybridized carbons (Fsp3) is 0.500. The third-order valence-electron chi connectivity index (χ3n) is 3.71. The van der Waals surface area contributed by atoms with Crippen LogP contribution in [0.1, 0.15) is 5.56 Å². The summed E-state index contributed by atoms with van der Waals surface area (Å²) < 4.78 is 0. The molecule has 0 aromatic heterocycles. The van der Waals surface area contributed by atoms with Gasteiger partial charge in [-0.1, -0.05) is 18.2 Å². The molecule has 1 aliphatic rings. The van der Waals surface area contributed by atoms with Gasteiger partial charge in [0.25, 0.3) is 0 Å². The zero-order valence-corrected chi connectivity index (χ0v) is 13.3. The van der Waals surface area contributed by atoms with Crippen molar-refractivity contribution in [2.45, 2.75) is 6.92 Å². The molecule has 0 saturated carbocycles. The second kappa shape index (κ2) is 7.91. The van der Waals surface area contributed by atoms with E-state index in [9.17, 15) is 9.59 Å². The highest BCUT2D eigenvalue weighted by Crippen LogP contribution is 2.12. The van der Waals surface area contributed by atoms with Crippen LogP contribution in [0.5, 0.6) is 0 Å². The summed E-state index contributed by atoms with van der Waals surface area (Å²) in [4.78, 5) is 27.8. The molecule has 2 N–H and O–H groups in total. The van der Waals surface area contributed by atoms with E-state index in [-0.39, 0.29) is 24.9 Å². The molecule has 6 nitrogen and oxygen atoms in total. The predicted octanol–water partition coefficient (Wildman–Crippen LogP) is 0.297. The first-order chi connectivity index (χ1) is 10.6. The molecule has 0 radical (unpaired) electrons. The summed E-state index contributed by atoms with van der Waals surface area (Å²) in [5.74, 6) is -0.0300. The molecule has 1 saturated heterocycles. The number of piperazine rings is 1. The lowest BCUT2D eigenvalue weighted by molar-refractivity contribution is -0.133. The maximum Gasteiger partial charge on any atom is 0.238 e. The van der Waals surface area contributed by atoms with E-state index in [1.165, 1.54) is 0 Å². The molecular weight excluding hydrogens is 280 g/mol. The van der Waals surface area contributed by atoms with Gasteiger partial charge in [0.1, 0.15) is 0 Å². The number of aryl methyl sites for hydroxylation is 1. The molecule has 2 amide bonds. The van der Waals surface area contributed by atoms with Gasteiger partial charge in [0.2, 0.25) is 11.8 Å². The van der Waals surface area contributed by atoms with Gasteiger partial charge < -0.3 is 15.5 Å². The largest absolute Gasteiger partial charge is 0.339 e. The van der Waals surface area contributed by atoms with Crippen LogP contribution in [0.25, 0.3) is 0 Å². The van der Waals surface area contributed by atoms with Gasteiger partial charge in [-0.2, -0.15) is 0 Å². The van der Waals surface area contributed by atoms with E-state index in [0.29, 0.717) is 0 Å². The molecule has 1 aromatic rings. The van der Waals surface area contributed by atoms with E-state index in [4.69, 9.17) is 0 Å². The maximum atomic E-state index is 12.1. The molecule has 120 valence electrons. The zero-order chi connectivity index (χ0) is 15.9. The minimum atomic E-state index is -0.107. The zero-order valence-electron chi connectivity index (χ0n) is 13.3. The van der Waals surface area contributed by atoms with Gasteiger partial charge >= 0.3 is 0 Å². The Morgan fingerprint density at radius 3 is 2.59 bits per heavy atom. The fourth-order valence-electron chi connectivity index (χ4n) is 2.45. The van der Waals surface area contributed by atoms with Gasteiger partial charge in [0, 0.05) is 31.9 Å². The number of nitrogens with one attached hydrogen (secondary N) is 2. The van der Waals surface area contributed by atoms with Crippen molar-refractivity contribution in [1.29, 1.82) is 0 Å². The van der Waals surface area contributed by atoms with Crippen LogP contribution < -0.4 is 10.6 Å². The topological polar surface area (TPSA) is 64.7 Å². The van der Waals surface area contributed by atoms with Crippen molar-refractivity contribution in [3.05, 3.63) is 29.8 Å². The van der Waals surface area contributed by atoms with Crippen molar-refractivity contribution in [3.8, 4) is 0 Å². The molecule has 1 heterocycles. The molecule has 0 unspecified atom stereocenters. The van der Waals surface area contributed by atoms with Crippen LogP contribution in [0.2, 0.25) is 0 Å². The Balaban J connectivity index is 1.78. The van der Waals surface area contributed by atoms with Crippen LogP contribution in [0.15, 0.2) is 24.3 Å². The lowest BCUT2D eigenvalue weighted by Gasteiger charge is -2.29. The summed E-state index contributed by atoms with van der Waals surface area (Å²) in [6.45, 7) is 5.57. The van der Waals surface area contributed by atoms with Crippen molar-refractivity contribution in [3.63, 3.8) is 0 Å². The Labute approximate surface area is 131 Å². The van der Waals surface area contributed by atoms with Gasteiger partial charge in [0.15, 0.2) is 0 Å². The summed E-state index contributed by atoms with van der Waals surface area (Å²) in [5, 5.41) is 6.09. The number of amides is 2. The SMILES string of the molecule is Cc1ccccc1NC(=O)CN(C)CC(=O)N1CCNCC1. The standard InChI is InChI=1S/C16H24N4O2/c1-13-5-3-4-6-14(13)18-15(21)11-19(2)12-16(22)20-9-7-17-8-10-20/h3-6,17H,7-12H2,1-2H3,(H,18,21). The number of nitrogens with zero attached hydrogens (tertiary/aromatic N) is 2. The first kappa shape index (κ1) is 16.5. The quantitative estimate of drug-likeness (QED) is 0.821. The van der Waals surface area contributed by atoms with Crippen molar-refractivity contribution >= 4 is 17.5 Å². The number of likely N-dealkylation sites (N-methyl/N-ethyl adjacent to an activating group) is 1. The lowest BCUT2D eigenvalue weighted by atomic mass is 10.2. The van der Waals surface area contributed by atoms with E-state index < -0.39 is 0 Å². The Morgan fingerprint density at radius 2 is 1.91 bits per heavy atom. The average Bonchev–Trinajstić information content (AvgIpc) is 2.50. The Kier molecular flexibility index (Phi) is 5.91. The molecule has 1 aliphatic heterocycles. The smallest absolute Gasteiger partial charge is 0.238 e. The predicted molar refractivity (Wildman–Crippen MR) is 86.8 cm³/mol. The van der Waals surface area contributed by atoms with Crippen LogP contribution in [0, 0.1) is 6.92 Å². The van der Waals surface area contributed by atoms with Gasteiger partial charge in [-0.15, -0.1) is 0 Å². The monoisotopic (exact) mass is 304 g/mol. The molecule has 6 heteroatoms. The van der Waals surface area contributed by atoms with E-state index in [2.05, 4.69) is 10.6 Å². The number of anilines is 1. The van der Waals surface area contributed by atoms with Crippen molar-refractivity contribution < 1.29 is 9.59 Å². The summed E-state index contributed by atoms with van der Waals surface area (Å²) in [6.07, 6.45) is 0. The third kappa shape index (κ3) is 4.82. The molecular formula is C16H24N4O2. The first-order valence-corrected chi connectivity index (χ1v) is 7.59. The highest BCUT2D eigenvalue weighted by molar-refractivity contribution is 5.93. The van der Waals surface area contributed by atoms with Gasteiger partial charge in [-0.3, -0.25) is 14.5 Å². The molecule has 22 heavy (non-hydrogen) atoms. The van der Waals surface area contributed by atoms with Crippen LogP contribution in [-0.2, 0) is 9.59 Å². The average molecular weight is 304 g/mol. The number of carbonyl (C=O) groups is 2. The van der Waals surface area contributed by atoms with Gasteiger partial charge in [0.05, 0.1) is 13.1 Å². The van der Waals surface area contributed by atoms with Crippen LogP contribution >= 0.6 is 0 Å². The molecule has 1 fully saturated rings. The number of hydrogen-bond donors (Lipinski definition) is 2. The molecule has 0 spiro atoms. The number of rotatable bonds is 5. The summed E-state index contributed by atoms with van der Waals surface area (Å²) >= 11 is 0. The van der Waals surface area contributed by atoms with E-state index in [1.807, 2.05) is 36.1 Å². The Morgan fingerprint density at radius 1 is 1.23 bits per heavy atom. The van der Waals surface area contributed by atoms with Crippen molar-refractivity contribution in [2.24, 2.45) is 0 Å². The lowest BCUT2D eigenvalue weighted by Crippen LogP contribution is -2.49.